The average Bonchev–Trinajstić information content (AvgIpc) is 3.32. The largest absolute Gasteiger partial charge is 0.497 e. The first-order valence-corrected chi connectivity index (χ1v) is 10.2. The van der Waals surface area contributed by atoms with Crippen molar-refractivity contribution >= 4 is 21.4 Å². The molecule has 138 valence electrons. The van der Waals surface area contributed by atoms with Crippen molar-refractivity contribution in [3.63, 3.8) is 0 Å². The second-order valence-corrected chi connectivity index (χ2v) is 8.35. The molecule has 1 aromatic carbocycles. The molecule has 0 unspecified atom stereocenters. The fourth-order valence-corrected chi connectivity index (χ4v) is 4.66. The minimum atomic E-state index is -3.71. The Kier molecular flexibility index (Phi) is 5.65. The van der Waals surface area contributed by atoms with Gasteiger partial charge in [-0.1, -0.05) is 0 Å². The molecule has 26 heavy (non-hydrogen) atoms. The SMILES string of the molecule is COc1ccc(OC)c(S(=O)(=O)NCCc2ccc(-c3ccoc3)s2)c1. The van der Waals surface area contributed by atoms with Crippen LogP contribution in [0.1, 0.15) is 4.88 Å². The summed E-state index contributed by atoms with van der Waals surface area (Å²) in [5.74, 6) is 0.728. The maximum absolute atomic E-state index is 12.6. The highest BCUT2D eigenvalue weighted by atomic mass is 32.2. The highest BCUT2D eigenvalue weighted by Crippen LogP contribution is 2.29. The zero-order chi connectivity index (χ0) is 18.6. The molecule has 0 aliphatic rings. The second kappa shape index (κ2) is 7.94. The quantitative estimate of drug-likeness (QED) is 0.633. The Hall–Kier alpha value is -2.29. The van der Waals surface area contributed by atoms with Crippen LogP contribution in [0.25, 0.3) is 10.4 Å². The molecule has 0 aliphatic heterocycles. The van der Waals surface area contributed by atoms with E-state index in [0.717, 1.165) is 15.3 Å². The van der Waals surface area contributed by atoms with Crippen LogP contribution in [0.4, 0.5) is 0 Å². The topological polar surface area (TPSA) is 77.8 Å². The van der Waals surface area contributed by atoms with Crippen LogP contribution in [0.5, 0.6) is 11.5 Å². The van der Waals surface area contributed by atoms with Gasteiger partial charge in [0.2, 0.25) is 10.0 Å². The molecule has 2 aromatic heterocycles. The first-order chi connectivity index (χ1) is 12.5. The van der Waals surface area contributed by atoms with Crippen LogP contribution in [0.3, 0.4) is 0 Å². The predicted molar refractivity (Wildman–Crippen MR) is 100 cm³/mol. The van der Waals surface area contributed by atoms with Crippen molar-refractivity contribution in [3.8, 4) is 21.9 Å². The molecule has 2 heterocycles. The Morgan fingerprint density at radius 2 is 1.96 bits per heavy atom. The van der Waals surface area contributed by atoms with E-state index in [0.29, 0.717) is 12.2 Å². The van der Waals surface area contributed by atoms with Gasteiger partial charge in [-0.05, 0) is 36.8 Å². The normalized spacial score (nSPS) is 11.5. The van der Waals surface area contributed by atoms with Crippen molar-refractivity contribution < 1.29 is 22.3 Å². The van der Waals surface area contributed by atoms with Crippen LogP contribution in [-0.2, 0) is 16.4 Å². The summed E-state index contributed by atoms with van der Waals surface area (Å²) in [5, 5.41) is 0. The van der Waals surface area contributed by atoms with Gasteiger partial charge in [-0.25, -0.2) is 13.1 Å². The van der Waals surface area contributed by atoms with E-state index in [1.165, 1.54) is 20.3 Å². The summed E-state index contributed by atoms with van der Waals surface area (Å²) >= 11 is 1.61. The number of furan rings is 1. The van der Waals surface area contributed by atoms with Crippen LogP contribution in [-0.4, -0.2) is 29.2 Å². The maximum Gasteiger partial charge on any atom is 0.244 e. The van der Waals surface area contributed by atoms with E-state index in [-0.39, 0.29) is 17.2 Å². The molecule has 0 aliphatic carbocycles. The van der Waals surface area contributed by atoms with Crippen LogP contribution in [0, 0.1) is 0 Å². The summed E-state index contributed by atoms with van der Waals surface area (Å²) < 4.78 is 43.2. The molecule has 1 N–H and O–H groups in total. The lowest BCUT2D eigenvalue weighted by Crippen LogP contribution is -2.26. The number of hydrogen-bond acceptors (Lipinski definition) is 6. The number of benzene rings is 1. The number of nitrogens with one attached hydrogen (secondary N) is 1. The molecule has 8 heteroatoms. The molecule has 0 bridgehead atoms. The zero-order valence-electron chi connectivity index (χ0n) is 14.4. The smallest absolute Gasteiger partial charge is 0.244 e. The summed E-state index contributed by atoms with van der Waals surface area (Å²) in [6.07, 6.45) is 3.91. The molecule has 0 saturated heterocycles. The predicted octanol–water partition coefficient (Wildman–Crippen LogP) is 3.55. The first-order valence-electron chi connectivity index (χ1n) is 7.86. The van der Waals surface area contributed by atoms with Crippen LogP contribution in [0.15, 0.2) is 58.2 Å². The number of ether oxygens (including phenoxy) is 2. The fourth-order valence-electron chi connectivity index (χ4n) is 2.45. The van der Waals surface area contributed by atoms with Gasteiger partial charge in [0.15, 0.2) is 0 Å². The highest BCUT2D eigenvalue weighted by molar-refractivity contribution is 7.89. The molecule has 3 rings (SSSR count). The van der Waals surface area contributed by atoms with Crippen molar-refractivity contribution in [1.29, 1.82) is 0 Å². The number of thiophene rings is 1. The summed E-state index contributed by atoms with van der Waals surface area (Å²) in [6.45, 7) is 0.286. The van der Waals surface area contributed by atoms with E-state index in [1.54, 1.807) is 36.0 Å². The third-order valence-electron chi connectivity index (χ3n) is 3.79. The minimum absolute atomic E-state index is 0.0598. The van der Waals surface area contributed by atoms with E-state index < -0.39 is 10.0 Å². The van der Waals surface area contributed by atoms with Crippen molar-refractivity contribution in [2.45, 2.75) is 11.3 Å². The van der Waals surface area contributed by atoms with Crippen LogP contribution < -0.4 is 14.2 Å². The van der Waals surface area contributed by atoms with Crippen molar-refractivity contribution in [2.24, 2.45) is 0 Å². The Bertz CT molecular complexity index is 961. The van der Waals surface area contributed by atoms with Gasteiger partial charge in [-0.2, -0.15) is 0 Å². The zero-order valence-corrected chi connectivity index (χ0v) is 16.0. The Balaban J connectivity index is 1.67. The van der Waals surface area contributed by atoms with Crippen molar-refractivity contribution in [1.82, 2.24) is 4.72 Å². The lowest BCUT2D eigenvalue weighted by Gasteiger charge is -2.12. The molecular formula is C18H19NO5S2. The van der Waals surface area contributed by atoms with Crippen molar-refractivity contribution in [3.05, 3.63) is 53.8 Å². The molecule has 0 saturated carbocycles. The molecule has 3 aromatic rings. The van der Waals surface area contributed by atoms with Gasteiger partial charge in [-0.3, -0.25) is 0 Å². The molecular weight excluding hydrogens is 374 g/mol. The Morgan fingerprint density at radius 1 is 1.12 bits per heavy atom. The first kappa shape index (κ1) is 18.5. The van der Waals surface area contributed by atoms with Gasteiger partial charge in [0, 0.05) is 27.9 Å². The summed E-state index contributed by atoms with van der Waals surface area (Å²) in [7, 11) is -0.787. The fraction of sp³-hybridized carbons (Fsp3) is 0.222. The number of methoxy groups -OCH3 is 2. The second-order valence-electron chi connectivity index (χ2n) is 5.44. The standard InChI is InChI=1S/C18H19NO5S2/c1-22-14-3-5-16(23-2)18(11-14)26(20,21)19-9-7-15-4-6-17(25-15)13-8-10-24-12-13/h3-6,8,10-12,19H,7,9H2,1-2H3. The van der Waals surface area contributed by atoms with E-state index in [4.69, 9.17) is 13.9 Å². The van der Waals surface area contributed by atoms with E-state index in [1.807, 2.05) is 18.2 Å². The van der Waals surface area contributed by atoms with E-state index in [2.05, 4.69) is 4.72 Å². The van der Waals surface area contributed by atoms with E-state index in [9.17, 15) is 8.42 Å². The number of hydrogen-bond donors (Lipinski definition) is 1. The number of rotatable bonds is 8. The molecule has 6 nitrogen and oxygen atoms in total. The lowest BCUT2D eigenvalue weighted by atomic mass is 10.3. The van der Waals surface area contributed by atoms with Gasteiger partial charge < -0.3 is 13.9 Å². The Morgan fingerprint density at radius 3 is 2.65 bits per heavy atom. The molecule has 0 amide bonds. The maximum atomic E-state index is 12.6. The van der Waals surface area contributed by atoms with Gasteiger partial charge >= 0.3 is 0 Å². The summed E-state index contributed by atoms with van der Waals surface area (Å²) in [5.41, 5.74) is 1.02. The van der Waals surface area contributed by atoms with E-state index >= 15 is 0 Å². The van der Waals surface area contributed by atoms with Gasteiger partial charge in [0.1, 0.15) is 16.4 Å². The Labute approximate surface area is 156 Å². The molecule has 0 fully saturated rings. The van der Waals surface area contributed by atoms with Gasteiger partial charge in [0.05, 0.1) is 26.7 Å². The lowest BCUT2D eigenvalue weighted by molar-refractivity contribution is 0.392. The molecule has 0 radical (unpaired) electrons. The van der Waals surface area contributed by atoms with Gasteiger partial charge in [-0.15, -0.1) is 11.3 Å². The van der Waals surface area contributed by atoms with Crippen LogP contribution in [0.2, 0.25) is 0 Å². The minimum Gasteiger partial charge on any atom is -0.497 e. The average molecular weight is 393 g/mol. The highest BCUT2D eigenvalue weighted by Gasteiger charge is 2.20. The summed E-state index contributed by atoms with van der Waals surface area (Å²) in [4.78, 5) is 2.23. The van der Waals surface area contributed by atoms with Crippen LogP contribution >= 0.6 is 11.3 Å². The third-order valence-corrected chi connectivity index (χ3v) is 6.47. The molecule has 0 spiro atoms. The van der Waals surface area contributed by atoms with Crippen molar-refractivity contribution in [2.75, 3.05) is 20.8 Å². The monoisotopic (exact) mass is 393 g/mol. The third kappa shape index (κ3) is 4.09. The summed E-state index contributed by atoms with van der Waals surface area (Å²) in [6, 6.07) is 10.6. The number of sulfonamides is 1. The molecule has 0 atom stereocenters. The van der Waals surface area contributed by atoms with Gasteiger partial charge in [0.25, 0.3) is 0 Å².